The van der Waals surface area contributed by atoms with E-state index in [-0.39, 0.29) is 0 Å². The summed E-state index contributed by atoms with van der Waals surface area (Å²) >= 11 is 7.71. The molecule has 3 nitrogen and oxygen atoms in total. The van der Waals surface area contributed by atoms with Crippen molar-refractivity contribution in [1.82, 2.24) is 14.5 Å². The van der Waals surface area contributed by atoms with Crippen molar-refractivity contribution in [3.05, 3.63) is 23.7 Å². The highest BCUT2D eigenvalue weighted by Gasteiger charge is 2.16. The maximum atomic E-state index is 5.87. The molecule has 2 rings (SSSR count). The highest BCUT2D eigenvalue weighted by atomic mass is 35.5. The Hall–Kier alpha value is -0.740. The van der Waals surface area contributed by atoms with E-state index >= 15 is 0 Å². The summed E-state index contributed by atoms with van der Waals surface area (Å²) in [6.45, 7) is 4.24. The molecular formula is C13H18ClN3S. The van der Waals surface area contributed by atoms with Gasteiger partial charge in [0.2, 0.25) is 0 Å². The van der Waals surface area contributed by atoms with Crippen molar-refractivity contribution in [1.29, 1.82) is 0 Å². The normalized spacial score (nSPS) is 13.1. The Morgan fingerprint density at radius 3 is 2.94 bits per heavy atom. The summed E-state index contributed by atoms with van der Waals surface area (Å²) in [4.78, 5) is 9.21. The fourth-order valence-corrected chi connectivity index (χ4v) is 2.97. The number of aromatic nitrogens is 3. The van der Waals surface area contributed by atoms with Crippen molar-refractivity contribution in [3.8, 4) is 0 Å². The number of nitrogens with zero attached hydrogens (tertiary/aromatic N) is 3. The summed E-state index contributed by atoms with van der Waals surface area (Å²) in [5.74, 6) is 2.68. The highest BCUT2D eigenvalue weighted by Crippen LogP contribution is 2.22. The number of hydrogen-bond donors (Lipinski definition) is 0. The van der Waals surface area contributed by atoms with E-state index in [1.165, 1.54) is 0 Å². The second-order valence-corrected chi connectivity index (χ2v) is 5.79. The molecule has 0 bridgehead atoms. The van der Waals surface area contributed by atoms with Crippen molar-refractivity contribution >= 4 is 34.5 Å². The molecule has 1 atom stereocenters. The molecule has 0 N–H and O–H groups in total. The number of rotatable bonds is 5. The second-order valence-electron chi connectivity index (χ2n) is 4.50. The van der Waals surface area contributed by atoms with Gasteiger partial charge in [0.15, 0.2) is 5.65 Å². The lowest BCUT2D eigenvalue weighted by atomic mass is 10.3. The average molecular weight is 284 g/mol. The molecule has 5 heteroatoms. The number of alkyl halides is 1. The van der Waals surface area contributed by atoms with Crippen LogP contribution < -0.4 is 0 Å². The van der Waals surface area contributed by atoms with E-state index in [2.05, 4.69) is 33.8 Å². The quantitative estimate of drug-likeness (QED) is 0.788. The van der Waals surface area contributed by atoms with Crippen molar-refractivity contribution in [2.45, 2.75) is 26.3 Å². The van der Waals surface area contributed by atoms with Crippen LogP contribution in [0.1, 0.15) is 24.4 Å². The lowest BCUT2D eigenvalue weighted by molar-refractivity contribution is 0.593. The maximum absolute atomic E-state index is 5.87. The maximum Gasteiger partial charge on any atom is 0.160 e. The number of pyridine rings is 1. The fourth-order valence-electron chi connectivity index (χ4n) is 2.17. The van der Waals surface area contributed by atoms with Gasteiger partial charge in [-0.15, -0.1) is 11.6 Å². The molecule has 2 heterocycles. The van der Waals surface area contributed by atoms with Gasteiger partial charge in [0.1, 0.15) is 11.3 Å². The number of aryl methyl sites for hydroxylation is 2. The lowest BCUT2D eigenvalue weighted by Crippen LogP contribution is -2.12. The van der Waals surface area contributed by atoms with Gasteiger partial charge in [-0.25, -0.2) is 9.97 Å². The molecule has 1 unspecified atom stereocenters. The molecule has 0 saturated carbocycles. The smallest absolute Gasteiger partial charge is 0.160 e. The average Bonchev–Trinajstić information content (AvgIpc) is 2.67. The van der Waals surface area contributed by atoms with Crippen LogP contribution in [0.2, 0.25) is 0 Å². The van der Waals surface area contributed by atoms with Crippen LogP contribution in [-0.4, -0.2) is 32.4 Å². The Bertz CT molecular complexity index is 538. The third-order valence-electron chi connectivity index (χ3n) is 2.91. The highest BCUT2D eigenvalue weighted by molar-refractivity contribution is 7.98. The first-order valence-electron chi connectivity index (χ1n) is 6.05. The number of fused-ring (bicyclic) bond motifs is 1. The summed E-state index contributed by atoms with van der Waals surface area (Å²) < 4.78 is 2.23. The fraction of sp³-hybridized carbons (Fsp3) is 0.538. The zero-order valence-electron chi connectivity index (χ0n) is 11.0. The van der Waals surface area contributed by atoms with Gasteiger partial charge in [-0.3, -0.25) is 0 Å². The summed E-state index contributed by atoms with van der Waals surface area (Å²) in [6, 6.07) is 2.47. The minimum absolute atomic E-state index is 0.387. The molecule has 0 aliphatic carbocycles. The van der Waals surface area contributed by atoms with Gasteiger partial charge in [-0.2, -0.15) is 11.8 Å². The Morgan fingerprint density at radius 1 is 1.50 bits per heavy atom. The van der Waals surface area contributed by atoms with Gasteiger partial charge in [0, 0.05) is 30.3 Å². The molecule has 0 radical (unpaired) electrons. The van der Waals surface area contributed by atoms with Crippen molar-refractivity contribution in [2.75, 3.05) is 17.9 Å². The van der Waals surface area contributed by atoms with Crippen molar-refractivity contribution < 1.29 is 0 Å². The Morgan fingerprint density at radius 2 is 2.28 bits per heavy atom. The van der Waals surface area contributed by atoms with Gasteiger partial charge in [-0.1, -0.05) is 0 Å². The minimum Gasteiger partial charge on any atom is -0.309 e. The van der Waals surface area contributed by atoms with Crippen LogP contribution >= 0.6 is 23.4 Å². The first kappa shape index (κ1) is 13.7. The van der Waals surface area contributed by atoms with E-state index in [0.29, 0.717) is 11.9 Å². The summed E-state index contributed by atoms with van der Waals surface area (Å²) in [5.41, 5.74) is 3.09. The number of imidazole rings is 1. The van der Waals surface area contributed by atoms with Crippen LogP contribution in [0.5, 0.6) is 0 Å². The Kier molecular flexibility index (Phi) is 4.51. The zero-order chi connectivity index (χ0) is 13.1. The molecule has 98 valence electrons. The molecule has 0 saturated heterocycles. The monoisotopic (exact) mass is 283 g/mol. The van der Waals surface area contributed by atoms with E-state index in [4.69, 9.17) is 11.6 Å². The third-order valence-corrected chi connectivity index (χ3v) is 3.91. The third kappa shape index (κ3) is 2.64. The molecule has 0 spiro atoms. The first-order chi connectivity index (χ1) is 8.67. The SMILES string of the molecule is CSCC(C)n1c(CCCl)nc2cc(C)cnc21. The Balaban J connectivity index is 2.54. The van der Waals surface area contributed by atoms with Crippen molar-refractivity contribution in [3.63, 3.8) is 0 Å². The molecule has 0 fully saturated rings. The van der Waals surface area contributed by atoms with Crippen LogP contribution in [0.4, 0.5) is 0 Å². The summed E-state index contributed by atoms with van der Waals surface area (Å²) in [5, 5.41) is 0. The molecule has 2 aromatic heterocycles. The van der Waals surface area contributed by atoms with Crippen LogP contribution in [0, 0.1) is 6.92 Å². The molecule has 18 heavy (non-hydrogen) atoms. The molecule has 0 aliphatic rings. The van der Waals surface area contributed by atoms with Gasteiger partial charge in [0.25, 0.3) is 0 Å². The summed E-state index contributed by atoms with van der Waals surface area (Å²) in [7, 11) is 0. The lowest BCUT2D eigenvalue weighted by Gasteiger charge is -2.15. The van der Waals surface area contributed by atoms with E-state index in [1.807, 2.05) is 24.9 Å². The van der Waals surface area contributed by atoms with E-state index in [0.717, 1.165) is 34.7 Å². The predicted molar refractivity (Wildman–Crippen MR) is 79.8 cm³/mol. The number of hydrogen-bond acceptors (Lipinski definition) is 3. The van der Waals surface area contributed by atoms with E-state index < -0.39 is 0 Å². The Labute approximate surface area is 117 Å². The molecule has 2 aromatic rings. The number of halogens is 1. The summed E-state index contributed by atoms with van der Waals surface area (Å²) in [6.07, 6.45) is 4.81. The van der Waals surface area contributed by atoms with Gasteiger partial charge >= 0.3 is 0 Å². The number of thioether (sulfide) groups is 1. The molecule has 0 amide bonds. The van der Waals surface area contributed by atoms with E-state index in [9.17, 15) is 0 Å². The van der Waals surface area contributed by atoms with E-state index in [1.54, 1.807) is 0 Å². The van der Waals surface area contributed by atoms with Gasteiger partial charge < -0.3 is 4.57 Å². The minimum atomic E-state index is 0.387. The predicted octanol–water partition coefficient (Wildman–Crippen LogP) is 3.45. The second kappa shape index (κ2) is 5.93. The standard InChI is InChI=1S/C13H18ClN3S/c1-9-6-11-13(15-7-9)17(10(2)8-18-3)12(16-11)4-5-14/h6-7,10H,4-5,8H2,1-3H3. The topological polar surface area (TPSA) is 30.7 Å². The van der Waals surface area contributed by atoms with Crippen molar-refractivity contribution in [2.24, 2.45) is 0 Å². The van der Waals surface area contributed by atoms with Crippen LogP contribution in [0.3, 0.4) is 0 Å². The molecule has 0 aromatic carbocycles. The van der Waals surface area contributed by atoms with Crippen LogP contribution in [0.25, 0.3) is 11.2 Å². The molecular weight excluding hydrogens is 266 g/mol. The van der Waals surface area contributed by atoms with Gasteiger partial charge in [-0.05, 0) is 31.7 Å². The van der Waals surface area contributed by atoms with Gasteiger partial charge in [0.05, 0.1) is 0 Å². The van der Waals surface area contributed by atoms with Crippen LogP contribution in [-0.2, 0) is 6.42 Å². The largest absolute Gasteiger partial charge is 0.309 e. The van der Waals surface area contributed by atoms with Crippen LogP contribution in [0.15, 0.2) is 12.3 Å². The molecule has 0 aliphatic heterocycles. The zero-order valence-corrected chi connectivity index (χ0v) is 12.6. The first-order valence-corrected chi connectivity index (χ1v) is 7.98.